The molecule has 5 atom stereocenters. The Labute approximate surface area is 165 Å². The lowest BCUT2D eigenvalue weighted by Gasteiger charge is -2.40. The Hall–Kier alpha value is -1.87. The molecule has 0 aliphatic carbocycles. The van der Waals surface area contributed by atoms with E-state index >= 15 is 0 Å². The molecule has 1 aromatic rings. The highest BCUT2D eigenvalue weighted by Crippen LogP contribution is 2.28. The normalized spacial score (nSPS) is 27.4. The summed E-state index contributed by atoms with van der Waals surface area (Å²) in [5.41, 5.74) is 6.11. The molecule has 5 N–H and O–H groups in total. The van der Waals surface area contributed by atoms with Crippen molar-refractivity contribution in [2.45, 2.75) is 76.2 Å². The molecule has 1 heterocycles. The van der Waals surface area contributed by atoms with Crippen molar-refractivity contribution in [3.05, 3.63) is 24.3 Å². The Bertz CT molecular complexity index is 612. The number of nitrogen functional groups attached to an aromatic ring is 1. The zero-order chi connectivity index (χ0) is 20.5. The van der Waals surface area contributed by atoms with Crippen LogP contribution in [0, 0.1) is 0 Å². The van der Waals surface area contributed by atoms with Crippen LogP contribution in [0.4, 0.5) is 5.69 Å². The topological polar surface area (TPSA) is 131 Å². The van der Waals surface area contributed by atoms with Gasteiger partial charge in [-0.15, -0.1) is 0 Å². The van der Waals surface area contributed by atoms with Crippen LogP contribution in [0.5, 0.6) is 5.75 Å². The fraction of sp³-hybridized carbons (Fsp3) is 0.650. The summed E-state index contributed by atoms with van der Waals surface area (Å²) in [4.78, 5) is 11.8. The van der Waals surface area contributed by atoms with E-state index in [2.05, 4.69) is 6.92 Å². The van der Waals surface area contributed by atoms with Crippen LogP contribution in [0.1, 0.15) is 45.4 Å². The average molecular weight is 397 g/mol. The number of nitrogens with two attached hydrogens (primary N) is 1. The zero-order valence-corrected chi connectivity index (χ0v) is 16.2. The third-order valence-electron chi connectivity index (χ3n) is 4.74. The van der Waals surface area contributed by atoms with Crippen molar-refractivity contribution in [1.29, 1.82) is 0 Å². The minimum Gasteiger partial charge on any atom is -0.480 e. The van der Waals surface area contributed by atoms with Gasteiger partial charge >= 0.3 is 5.97 Å². The summed E-state index contributed by atoms with van der Waals surface area (Å²) in [5.74, 6) is -0.138. The molecule has 0 radical (unpaired) electrons. The molecule has 8 heteroatoms. The molecule has 1 aromatic carbocycles. The molecule has 0 saturated carbocycles. The first-order valence-corrected chi connectivity index (χ1v) is 9.80. The van der Waals surface area contributed by atoms with Crippen molar-refractivity contribution < 1.29 is 34.3 Å². The van der Waals surface area contributed by atoms with E-state index in [-0.39, 0.29) is 18.8 Å². The summed E-state index contributed by atoms with van der Waals surface area (Å²) in [6, 6.07) is 6.60. The van der Waals surface area contributed by atoms with E-state index in [1.807, 2.05) is 0 Å². The van der Waals surface area contributed by atoms with E-state index in [0.717, 1.165) is 32.1 Å². The number of hydrogen-bond acceptors (Lipinski definition) is 8. The van der Waals surface area contributed by atoms with E-state index in [1.165, 1.54) is 0 Å². The molecule has 1 fully saturated rings. The highest BCUT2D eigenvalue weighted by Gasteiger charge is 2.46. The molecule has 1 saturated heterocycles. The van der Waals surface area contributed by atoms with Gasteiger partial charge in [-0.05, 0) is 18.6 Å². The highest BCUT2D eigenvalue weighted by atomic mass is 16.7. The lowest BCUT2D eigenvalue weighted by Crippen LogP contribution is -2.60. The molecule has 1 aliphatic heterocycles. The molecular weight excluding hydrogens is 366 g/mol. The maximum Gasteiger partial charge on any atom is 0.305 e. The van der Waals surface area contributed by atoms with Crippen molar-refractivity contribution in [1.82, 2.24) is 0 Å². The number of anilines is 1. The highest BCUT2D eigenvalue weighted by molar-refractivity contribution is 5.69. The summed E-state index contributed by atoms with van der Waals surface area (Å²) in [6.07, 6.45) is -1.29. The Morgan fingerprint density at radius 1 is 1.11 bits per heavy atom. The Balaban J connectivity index is 1.81. The first-order chi connectivity index (χ1) is 13.4. The molecule has 158 valence electrons. The minimum atomic E-state index is -1.52. The van der Waals surface area contributed by atoms with Crippen LogP contribution in [0.3, 0.4) is 0 Å². The second-order valence-electron chi connectivity index (χ2n) is 7.01. The van der Waals surface area contributed by atoms with E-state index in [0.29, 0.717) is 5.69 Å². The van der Waals surface area contributed by atoms with E-state index in [9.17, 15) is 20.1 Å². The van der Waals surface area contributed by atoms with Gasteiger partial charge < -0.3 is 35.3 Å². The number of unbranched alkanes of at least 4 members (excludes halogenated alkanes) is 4. The summed E-state index contributed by atoms with van der Waals surface area (Å²) in [7, 11) is 0. The first kappa shape index (κ1) is 22.4. The maximum absolute atomic E-state index is 11.8. The number of aliphatic hydroxyl groups is 3. The van der Waals surface area contributed by atoms with Gasteiger partial charge in [0.15, 0.2) is 12.4 Å². The smallest absolute Gasteiger partial charge is 0.305 e. The Morgan fingerprint density at radius 2 is 1.82 bits per heavy atom. The number of carbonyl (C=O) groups is 1. The van der Waals surface area contributed by atoms with Crippen LogP contribution >= 0.6 is 0 Å². The summed E-state index contributed by atoms with van der Waals surface area (Å²) in [6.45, 7) is 1.86. The van der Waals surface area contributed by atoms with Crippen molar-refractivity contribution in [2.24, 2.45) is 0 Å². The van der Waals surface area contributed by atoms with Crippen molar-refractivity contribution in [2.75, 3.05) is 12.3 Å². The second-order valence-corrected chi connectivity index (χ2v) is 7.01. The van der Waals surface area contributed by atoms with Crippen LogP contribution in [0.25, 0.3) is 0 Å². The van der Waals surface area contributed by atoms with Gasteiger partial charge in [-0.3, -0.25) is 4.79 Å². The maximum atomic E-state index is 11.8. The average Bonchev–Trinajstić information content (AvgIpc) is 2.68. The van der Waals surface area contributed by atoms with Gasteiger partial charge in [0.05, 0.1) is 5.69 Å². The third kappa shape index (κ3) is 6.34. The zero-order valence-electron chi connectivity index (χ0n) is 16.2. The summed E-state index contributed by atoms with van der Waals surface area (Å²) in [5, 5.41) is 30.8. The fourth-order valence-corrected chi connectivity index (χ4v) is 3.04. The van der Waals surface area contributed by atoms with Gasteiger partial charge in [-0.25, -0.2) is 0 Å². The van der Waals surface area contributed by atoms with Gasteiger partial charge in [0.1, 0.15) is 30.7 Å². The van der Waals surface area contributed by atoms with Crippen molar-refractivity contribution >= 4 is 11.7 Å². The van der Waals surface area contributed by atoms with Gasteiger partial charge in [-0.2, -0.15) is 0 Å². The SMILES string of the molecule is CCCCCCCC(=O)OC[C@H]1OC(O)[C@H](Oc2ccccc2N)[C@@H](O)[C@@H]1O. The first-order valence-electron chi connectivity index (χ1n) is 9.80. The van der Waals surface area contributed by atoms with Crippen molar-refractivity contribution in [3.63, 3.8) is 0 Å². The molecule has 1 aliphatic rings. The molecule has 1 unspecified atom stereocenters. The predicted octanol–water partition coefficient (Wildman–Crippen LogP) is 1.36. The van der Waals surface area contributed by atoms with Crippen LogP contribution < -0.4 is 10.5 Å². The van der Waals surface area contributed by atoms with Gasteiger partial charge in [0, 0.05) is 6.42 Å². The number of rotatable bonds is 10. The number of ether oxygens (including phenoxy) is 3. The number of hydrogen-bond donors (Lipinski definition) is 4. The molecule has 8 nitrogen and oxygen atoms in total. The molecule has 2 rings (SSSR count). The molecule has 0 spiro atoms. The second kappa shape index (κ2) is 11.2. The van der Waals surface area contributed by atoms with E-state index in [1.54, 1.807) is 24.3 Å². The standard InChI is InChI=1S/C20H31NO7/c1-2-3-4-5-6-11-16(22)26-12-15-17(23)18(24)19(20(25)28-15)27-14-10-8-7-9-13(14)21/h7-10,15,17-20,23-25H,2-6,11-12,21H2,1H3/t15-,17-,18+,19-,20?/m1/s1. The fourth-order valence-electron chi connectivity index (χ4n) is 3.04. The van der Waals surface area contributed by atoms with Crippen LogP contribution in [0.2, 0.25) is 0 Å². The molecule has 28 heavy (non-hydrogen) atoms. The predicted molar refractivity (Wildman–Crippen MR) is 102 cm³/mol. The van der Waals surface area contributed by atoms with Gasteiger partial charge in [-0.1, -0.05) is 44.7 Å². The number of aliphatic hydroxyl groups excluding tert-OH is 3. The largest absolute Gasteiger partial charge is 0.480 e. The Kier molecular flexibility index (Phi) is 8.98. The summed E-state index contributed by atoms with van der Waals surface area (Å²) < 4.78 is 15.9. The van der Waals surface area contributed by atoms with Crippen LogP contribution in [-0.2, 0) is 14.3 Å². The van der Waals surface area contributed by atoms with E-state index < -0.39 is 36.7 Å². The molecular formula is C20H31NO7. The van der Waals surface area contributed by atoms with Gasteiger partial charge in [0.25, 0.3) is 0 Å². The van der Waals surface area contributed by atoms with Crippen LogP contribution in [-0.4, -0.2) is 58.6 Å². The van der Waals surface area contributed by atoms with E-state index in [4.69, 9.17) is 19.9 Å². The number of para-hydroxylation sites is 2. The number of benzene rings is 1. The van der Waals surface area contributed by atoms with Crippen molar-refractivity contribution in [3.8, 4) is 5.75 Å². The number of esters is 1. The number of carbonyl (C=O) groups excluding carboxylic acids is 1. The van der Waals surface area contributed by atoms with Crippen LogP contribution in [0.15, 0.2) is 24.3 Å². The summed E-state index contributed by atoms with van der Waals surface area (Å²) >= 11 is 0. The quantitative estimate of drug-likeness (QED) is 0.264. The molecule has 0 bridgehead atoms. The lowest BCUT2D eigenvalue weighted by atomic mass is 9.99. The third-order valence-corrected chi connectivity index (χ3v) is 4.74. The lowest BCUT2D eigenvalue weighted by molar-refractivity contribution is -0.281. The minimum absolute atomic E-state index is 0.259. The van der Waals surface area contributed by atoms with Gasteiger partial charge in [0.2, 0.25) is 0 Å². The Morgan fingerprint density at radius 3 is 2.54 bits per heavy atom. The monoisotopic (exact) mass is 397 g/mol. The molecule has 0 amide bonds. The molecule has 0 aromatic heterocycles.